The molecule has 112 valence electrons. The average molecular weight is 277 g/mol. The van der Waals surface area contributed by atoms with Crippen LogP contribution in [0.4, 0.5) is 0 Å². The summed E-state index contributed by atoms with van der Waals surface area (Å²) < 4.78 is 7.95. The van der Waals surface area contributed by atoms with Crippen molar-refractivity contribution in [1.82, 2.24) is 9.78 Å². The second-order valence-corrected chi connectivity index (χ2v) is 6.64. The molecule has 0 saturated heterocycles. The highest BCUT2D eigenvalue weighted by Crippen LogP contribution is 2.28. The zero-order valence-electron chi connectivity index (χ0n) is 12.4. The van der Waals surface area contributed by atoms with E-state index in [1.54, 1.807) is 0 Å². The number of hydrogen-bond acceptors (Lipinski definition) is 3. The topological polar surface area (TPSA) is 53.1 Å². The minimum atomic E-state index is -0.0774. The Balaban J connectivity index is 1.47. The van der Waals surface area contributed by atoms with Gasteiger partial charge in [-0.15, -0.1) is 0 Å². The Kier molecular flexibility index (Phi) is 4.41. The van der Waals surface area contributed by atoms with Gasteiger partial charge in [0, 0.05) is 11.7 Å². The molecule has 2 aliphatic rings. The van der Waals surface area contributed by atoms with Crippen LogP contribution in [0.1, 0.15) is 69.5 Å². The fourth-order valence-corrected chi connectivity index (χ4v) is 3.59. The summed E-state index contributed by atoms with van der Waals surface area (Å²) in [5.41, 5.74) is 7.26. The van der Waals surface area contributed by atoms with Crippen LogP contribution in [0, 0.1) is 0 Å². The summed E-state index contributed by atoms with van der Waals surface area (Å²) in [6.45, 7) is 1.27. The van der Waals surface area contributed by atoms with Gasteiger partial charge in [-0.25, -0.2) is 0 Å². The third kappa shape index (κ3) is 3.41. The molecule has 2 saturated carbocycles. The van der Waals surface area contributed by atoms with E-state index in [9.17, 15) is 0 Å². The molecule has 4 heteroatoms. The summed E-state index contributed by atoms with van der Waals surface area (Å²) in [5, 5.41) is 4.67. The minimum Gasteiger partial charge on any atom is -0.373 e. The maximum atomic E-state index is 6.29. The molecule has 4 nitrogen and oxygen atoms in total. The highest BCUT2D eigenvalue weighted by molar-refractivity contribution is 4.99. The maximum absolute atomic E-state index is 6.29. The molecule has 0 radical (unpaired) electrons. The van der Waals surface area contributed by atoms with Gasteiger partial charge < -0.3 is 10.5 Å². The molecule has 2 N–H and O–H groups in total. The first-order chi connectivity index (χ1) is 9.75. The van der Waals surface area contributed by atoms with Crippen LogP contribution in [0.25, 0.3) is 0 Å². The fraction of sp³-hybridized carbons (Fsp3) is 0.812. The zero-order valence-corrected chi connectivity index (χ0v) is 12.4. The molecule has 1 heterocycles. The summed E-state index contributed by atoms with van der Waals surface area (Å²) in [6.07, 6.45) is 13.4. The Morgan fingerprint density at radius 1 is 1.20 bits per heavy atom. The van der Waals surface area contributed by atoms with Crippen LogP contribution in [0.15, 0.2) is 12.3 Å². The smallest absolute Gasteiger partial charge is 0.0907 e. The standard InChI is InChI=1S/C16H27N3O/c17-16(9-4-5-10-16)13-20-12-14-8-11-19(18-14)15-6-2-1-3-7-15/h8,11,15H,1-7,9-10,12-13,17H2. The SMILES string of the molecule is NC1(COCc2ccn(C3CCCCC3)n2)CCCC1. The summed E-state index contributed by atoms with van der Waals surface area (Å²) in [4.78, 5) is 0. The molecule has 2 fully saturated rings. The molecule has 0 amide bonds. The Bertz CT molecular complexity index is 417. The molecule has 2 aliphatic carbocycles. The first-order valence-corrected chi connectivity index (χ1v) is 8.16. The molecule has 3 rings (SSSR count). The highest BCUT2D eigenvalue weighted by Gasteiger charge is 2.29. The molecule has 0 bridgehead atoms. The molecular formula is C16H27N3O. The summed E-state index contributed by atoms with van der Waals surface area (Å²) >= 11 is 0. The molecule has 0 aromatic carbocycles. The van der Waals surface area contributed by atoms with E-state index >= 15 is 0 Å². The number of hydrogen-bond donors (Lipinski definition) is 1. The largest absolute Gasteiger partial charge is 0.373 e. The molecule has 1 aromatic rings. The van der Waals surface area contributed by atoms with Crippen molar-refractivity contribution in [3.8, 4) is 0 Å². The van der Waals surface area contributed by atoms with E-state index in [4.69, 9.17) is 10.5 Å². The number of aromatic nitrogens is 2. The lowest BCUT2D eigenvalue weighted by atomic mass is 9.96. The second kappa shape index (κ2) is 6.27. The van der Waals surface area contributed by atoms with Gasteiger partial charge in [-0.2, -0.15) is 5.10 Å². The van der Waals surface area contributed by atoms with Crippen molar-refractivity contribution in [3.05, 3.63) is 18.0 Å². The third-order valence-corrected chi connectivity index (χ3v) is 4.85. The molecule has 0 atom stereocenters. The maximum Gasteiger partial charge on any atom is 0.0907 e. The molecule has 0 aliphatic heterocycles. The number of nitrogens with zero attached hydrogens (tertiary/aromatic N) is 2. The quantitative estimate of drug-likeness (QED) is 0.899. The Labute approximate surface area is 121 Å². The van der Waals surface area contributed by atoms with E-state index in [2.05, 4.69) is 22.0 Å². The first kappa shape index (κ1) is 14.1. The van der Waals surface area contributed by atoms with Crippen molar-refractivity contribution >= 4 is 0 Å². The van der Waals surface area contributed by atoms with Crippen LogP contribution in [-0.4, -0.2) is 21.9 Å². The van der Waals surface area contributed by atoms with E-state index in [1.165, 1.54) is 44.9 Å². The van der Waals surface area contributed by atoms with Crippen molar-refractivity contribution in [3.63, 3.8) is 0 Å². The van der Waals surface area contributed by atoms with Crippen LogP contribution in [0.2, 0.25) is 0 Å². The van der Waals surface area contributed by atoms with Gasteiger partial charge in [-0.05, 0) is 31.7 Å². The Morgan fingerprint density at radius 3 is 2.70 bits per heavy atom. The van der Waals surface area contributed by atoms with Crippen LogP contribution < -0.4 is 5.73 Å². The molecule has 0 unspecified atom stereocenters. The lowest BCUT2D eigenvalue weighted by molar-refractivity contribution is 0.0726. The van der Waals surface area contributed by atoms with Crippen LogP contribution >= 0.6 is 0 Å². The summed E-state index contributed by atoms with van der Waals surface area (Å²) in [5.74, 6) is 0. The van der Waals surface area contributed by atoms with E-state index in [0.717, 1.165) is 18.5 Å². The van der Waals surface area contributed by atoms with Gasteiger partial charge in [0.1, 0.15) is 0 Å². The van der Waals surface area contributed by atoms with Gasteiger partial charge in [0.15, 0.2) is 0 Å². The highest BCUT2D eigenvalue weighted by atomic mass is 16.5. The van der Waals surface area contributed by atoms with Crippen molar-refractivity contribution in [2.75, 3.05) is 6.61 Å². The van der Waals surface area contributed by atoms with E-state index in [1.807, 2.05) is 0 Å². The fourth-order valence-electron chi connectivity index (χ4n) is 3.59. The predicted octanol–water partition coefficient (Wildman–Crippen LogP) is 3.18. The lowest BCUT2D eigenvalue weighted by Crippen LogP contribution is -2.41. The third-order valence-electron chi connectivity index (χ3n) is 4.85. The van der Waals surface area contributed by atoms with E-state index in [-0.39, 0.29) is 5.54 Å². The summed E-state index contributed by atoms with van der Waals surface area (Å²) in [7, 11) is 0. The monoisotopic (exact) mass is 277 g/mol. The normalized spacial score (nSPS) is 23.2. The predicted molar refractivity (Wildman–Crippen MR) is 79.4 cm³/mol. The summed E-state index contributed by atoms with van der Waals surface area (Å²) in [6, 6.07) is 2.69. The van der Waals surface area contributed by atoms with Crippen molar-refractivity contribution in [2.24, 2.45) is 5.73 Å². The number of nitrogens with two attached hydrogens (primary N) is 1. The van der Waals surface area contributed by atoms with Gasteiger partial charge in [0.2, 0.25) is 0 Å². The van der Waals surface area contributed by atoms with Crippen LogP contribution in [0.3, 0.4) is 0 Å². The zero-order chi connectivity index (χ0) is 13.8. The first-order valence-electron chi connectivity index (χ1n) is 8.16. The molecule has 20 heavy (non-hydrogen) atoms. The Hall–Kier alpha value is -0.870. The van der Waals surface area contributed by atoms with Crippen LogP contribution in [0.5, 0.6) is 0 Å². The van der Waals surface area contributed by atoms with E-state index < -0.39 is 0 Å². The van der Waals surface area contributed by atoms with Crippen molar-refractivity contribution < 1.29 is 4.74 Å². The van der Waals surface area contributed by atoms with Gasteiger partial charge >= 0.3 is 0 Å². The minimum absolute atomic E-state index is 0.0774. The van der Waals surface area contributed by atoms with Gasteiger partial charge in [0.05, 0.1) is 24.9 Å². The van der Waals surface area contributed by atoms with E-state index in [0.29, 0.717) is 19.3 Å². The average Bonchev–Trinajstić information content (AvgIpc) is 3.10. The molecular weight excluding hydrogens is 250 g/mol. The van der Waals surface area contributed by atoms with Gasteiger partial charge in [0.25, 0.3) is 0 Å². The molecule has 0 spiro atoms. The van der Waals surface area contributed by atoms with Gasteiger partial charge in [-0.1, -0.05) is 32.1 Å². The number of ether oxygens (including phenoxy) is 1. The second-order valence-electron chi connectivity index (χ2n) is 6.64. The van der Waals surface area contributed by atoms with Crippen molar-refractivity contribution in [2.45, 2.75) is 76.0 Å². The Morgan fingerprint density at radius 2 is 1.95 bits per heavy atom. The van der Waals surface area contributed by atoms with Crippen molar-refractivity contribution in [1.29, 1.82) is 0 Å². The van der Waals surface area contributed by atoms with Crippen LogP contribution in [-0.2, 0) is 11.3 Å². The lowest BCUT2D eigenvalue weighted by Gasteiger charge is -2.23. The number of rotatable bonds is 5. The van der Waals surface area contributed by atoms with Gasteiger partial charge in [-0.3, -0.25) is 4.68 Å². The molecule has 1 aromatic heterocycles.